The van der Waals surface area contributed by atoms with Gasteiger partial charge in [-0.3, -0.25) is 0 Å². The molecule has 7 nitrogen and oxygen atoms in total. The van der Waals surface area contributed by atoms with Crippen LogP contribution in [0.15, 0.2) is 18.2 Å². The highest BCUT2D eigenvalue weighted by molar-refractivity contribution is 7.90. The van der Waals surface area contributed by atoms with Crippen molar-refractivity contribution >= 4 is 15.5 Å². The summed E-state index contributed by atoms with van der Waals surface area (Å²) in [5.41, 5.74) is 6.47. The van der Waals surface area contributed by atoms with E-state index in [9.17, 15) is 12.8 Å². The Morgan fingerprint density at radius 3 is 2.80 bits per heavy atom. The molecular weight excluding hydrogens is 285 g/mol. The number of nitrogens with zero attached hydrogens (tertiary/aromatic N) is 4. The van der Waals surface area contributed by atoms with Crippen molar-refractivity contribution in [3.05, 3.63) is 24.0 Å². The van der Waals surface area contributed by atoms with Crippen LogP contribution in [0.2, 0.25) is 0 Å². The number of nitrogen functional groups attached to an aromatic ring is 1. The molecule has 0 unspecified atom stereocenters. The van der Waals surface area contributed by atoms with Gasteiger partial charge in [0.15, 0.2) is 5.82 Å². The molecule has 0 amide bonds. The van der Waals surface area contributed by atoms with E-state index in [4.69, 9.17) is 5.73 Å². The average molecular weight is 299 g/mol. The molecule has 0 atom stereocenters. The lowest BCUT2D eigenvalue weighted by Crippen LogP contribution is -2.10. The highest BCUT2D eigenvalue weighted by Crippen LogP contribution is 2.24. The molecule has 0 aliphatic carbocycles. The second kappa shape index (κ2) is 5.53. The van der Waals surface area contributed by atoms with Gasteiger partial charge in [-0.25, -0.2) is 17.5 Å². The van der Waals surface area contributed by atoms with Gasteiger partial charge in [0.2, 0.25) is 0 Å². The van der Waals surface area contributed by atoms with Crippen LogP contribution in [-0.2, 0) is 16.4 Å². The second-order valence-corrected chi connectivity index (χ2v) is 6.70. The lowest BCUT2D eigenvalue weighted by atomic mass is 10.1. The van der Waals surface area contributed by atoms with Crippen molar-refractivity contribution in [1.29, 1.82) is 0 Å². The van der Waals surface area contributed by atoms with Crippen LogP contribution in [0.25, 0.3) is 11.4 Å². The first-order valence-electron chi connectivity index (χ1n) is 5.86. The summed E-state index contributed by atoms with van der Waals surface area (Å²) in [6.07, 6.45) is 1.56. The minimum absolute atomic E-state index is 0.0468. The highest BCUT2D eigenvalue weighted by Gasteiger charge is 2.13. The Balaban J connectivity index is 2.20. The Labute approximate surface area is 115 Å². The van der Waals surface area contributed by atoms with Gasteiger partial charge in [0, 0.05) is 24.1 Å². The molecular formula is C11H14FN5O2S. The molecule has 0 spiro atoms. The first-order valence-corrected chi connectivity index (χ1v) is 7.92. The number of nitrogens with two attached hydrogens (primary N) is 1. The van der Waals surface area contributed by atoms with E-state index in [2.05, 4.69) is 15.5 Å². The van der Waals surface area contributed by atoms with Crippen molar-refractivity contribution in [2.24, 2.45) is 0 Å². The van der Waals surface area contributed by atoms with Crippen molar-refractivity contribution in [3.63, 3.8) is 0 Å². The number of tetrazole rings is 1. The molecule has 1 heterocycles. The summed E-state index contributed by atoms with van der Waals surface area (Å²) < 4.78 is 36.6. The number of hydrogen-bond donors (Lipinski definition) is 1. The summed E-state index contributed by atoms with van der Waals surface area (Å²) in [5.74, 6) is -0.0103. The zero-order valence-corrected chi connectivity index (χ0v) is 11.6. The molecule has 0 fully saturated rings. The number of halogens is 1. The maximum atomic E-state index is 13.0. The lowest BCUT2D eigenvalue weighted by molar-refractivity contribution is 0.567. The number of benzene rings is 1. The molecule has 1 aromatic carbocycles. The molecule has 0 saturated carbocycles. The zero-order valence-electron chi connectivity index (χ0n) is 10.8. The van der Waals surface area contributed by atoms with E-state index in [1.54, 1.807) is 0 Å². The van der Waals surface area contributed by atoms with Gasteiger partial charge in [-0.2, -0.15) is 0 Å². The van der Waals surface area contributed by atoms with Crippen molar-refractivity contribution in [2.75, 3.05) is 17.7 Å². The van der Waals surface area contributed by atoms with Gasteiger partial charge < -0.3 is 5.73 Å². The summed E-state index contributed by atoms with van der Waals surface area (Å²) in [4.78, 5) is 0. The number of aryl methyl sites for hydroxylation is 1. The monoisotopic (exact) mass is 299 g/mol. The Morgan fingerprint density at radius 2 is 2.15 bits per heavy atom. The molecule has 0 aliphatic heterocycles. The summed E-state index contributed by atoms with van der Waals surface area (Å²) in [6.45, 7) is 0.340. The Bertz CT molecular complexity index is 713. The number of sulfone groups is 1. The lowest BCUT2D eigenvalue weighted by Gasteiger charge is -2.06. The summed E-state index contributed by atoms with van der Waals surface area (Å²) in [6, 6.07) is 3.94. The van der Waals surface area contributed by atoms with Gasteiger partial charge in [0.05, 0.1) is 5.75 Å². The van der Waals surface area contributed by atoms with Gasteiger partial charge in [-0.1, -0.05) is 0 Å². The Morgan fingerprint density at radius 1 is 1.40 bits per heavy atom. The van der Waals surface area contributed by atoms with Crippen LogP contribution in [0.4, 0.5) is 10.1 Å². The third-order valence-electron chi connectivity index (χ3n) is 2.67. The van der Waals surface area contributed by atoms with E-state index in [1.807, 2.05) is 0 Å². The molecule has 9 heteroatoms. The molecule has 0 aliphatic rings. The van der Waals surface area contributed by atoms with Crippen molar-refractivity contribution in [3.8, 4) is 11.4 Å². The molecule has 0 radical (unpaired) electrons. The van der Waals surface area contributed by atoms with E-state index < -0.39 is 15.7 Å². The Kier molecular flexibility index (Phi) is 3.98. The van der Waals surface area contributed by atoms with Crippen molar-refractivity contribution < 1.29 is 12.8 Å². The fourth-order valence-electron chi connectivity index (χ4n) is 1.76. The van der Waals surface area contributed by atoms with Crippen molar-refractivity contribution in [1.82, 2.24) is 20.2 Å². The van der Waals surface area contributed by atoms with Crippen LogP contribution in [0.5, 0.6) is 0 Å². The van der Waals surface area contributed by atoms with Crippen LogP contribution in [0.1, 0.15) is 6.42 Å². The molecule has 20 heavy (non-hydrogen) atoms. The van der Waals surface area contributed by atoms with Gasteiger partial charge in [-0.05, 0) is 35.0 Å². The molecule has 2 aromatic rings. The van der Waals surface area contributed by atoms with Crippen LogP contribution >= 0.6 is 0 Å². The van der Waals surface area contributed by atoms with Crippen LogP contribution < -0.4 is 5.73 Å². The van der Waals surface area contributed by atoms with E-state index in [1.165, 1.54) is 29.1 Å². The predicted octanol–water partition coefficient (Wildman–Crippen LogP) is 0.496. The largest absolute Gasteiger partial charge is 0.398 e. The second-order valence-electron chi connectivity index (χ2n) is 4.44. The summed E-state index contributed by atoms with van der Waals surface area (Å²) in [7, 11) is -3.02. The molecule has 0 saturated heterocycles. The van der Waals surface area contributed by atoms with Gasteiger partial charge in [0.1, 0.15) is 15.7 Å². The standard InChI is InChI=1S/C11H14FN5O2S/c1-20(18,19)6-2-5-17-11(14-15-16-17)9-4-3-8(12)7-10(9)13/h3-4,7H,2,5-6,13H2,1H3. The molecule has 2 N–H and O–H groups in total. The smallest absolute Gasteiger partial charge is 0.184 e. The van der Waals surface area contributed by atoms with E-state index >= 15 is 0 Å². The van der Waals surface area contributed by atoms with Gasteiger partial charge in [-0.15, -0.1) is 5.10 Å². The normalized spacial score (nSPS) is 11.7. The SMILES string of the molecule is CS(=O)(=O)CCCn1nnnc1-c1ccc(F)cc1N. The van der Waals surface area contributed by atoms with E-state index in [0.29, 0.717) is 24.4 Å². The molecule has 1 aromatic heterocycles. The zero-order chi connectivity index (χ0) is 14.8. The van der Waals surface area contributed by atoms with Crippen LogP contribution in [-0.4, -0.2) is 40.6 Å². The fourth-order valence-corrected chi connectivity index (χ4v) is 2.42. The average Bonchev–Trinajstić information content (AvgIpc) is 2.75. The quantitative estimate of drug-likeness (QED) is 0.806. The maximum absolute atomic E-state index is 13.0. The fraction of sp³-hybridized carbons (Fsp3) is 0.364. The van der Waals surface area contributed by atoms with Crippen molar-refractivity contribution in [2.45, 2.75) is 13.0 Å². The molecule has 0 bridgehead atoms. The Hall–Kier alpha value is -2.03. The third-order valence-corrected chi connectivity index (χ3v) is 3.70. The van der Waals surface area contributed by atoms with Gasteiger partial charge >= 0.3 is 0 Å². The number of rotatable bonds is 5. The first kappa shape index (κ1) is 14.4. The minimum atomic E-state index is -3.02. The number of aromatic nitrogens is 4. The summed E-state index contributed by atoms with van der Waals surface area (Å²) in [5, 5.41) is 11.2. The van der Waals surface area contributed by atoms with Gasteiger partial charge in [0.25, 0.3) is 0 Å². The predicted molar refractivity (Wildman–Crippen MR) is 72.0 cm³/mol. The topological polar surface area (TPSA) is 104 Å². The maximum Gasteiger partial charge on any atom is 0.184 e. The summed E-state index contributed by atoms with van der Waals surface area (Å²) >= 11 is 0. The highest BCUT2D eigenvalue weighted by atomic mass is 32.2. The van der Waals surface area contributed by atoms with Crippen LogP contribution in [0, 0.1) is 5.82 Å². The minimum Gasteiger partial charge on any atom is -0.398 e. The first-order chi connectivity index (χ1) is 9.37. The van der Waals surface area contributed by atoms with Crippen LogP contribution in [0.3, 0.4) is 0 Å². The molecule has 108 valence electrons. The number of anilines is 1. The van der Waals surface area contributed by atoms with E-state index in [0.717, 1.165) is 0 Å². The third kappa shape index (κ3) is 3.50. The molecule has 2 rings (SSSR count). The van der Waals surface area contributed by atoms with E-state index in [-0.39, 0.29) is 11.4 Å². The number of hydrogen-bond acceptors (Lipinski definition) is 6.